The molecule has 1 aromatic heterocycles. The Kier molecular flexibility index (Phi) is 4.06. The van der Waals surface area contributed by atoms with Crippen LogP contribution in [0.5, 0.6) is 0 Å². The van der Waals surface area contributed by atoms with Crippen LogP contribution in [-0.2, 0) is 6.18 Å². The highest BCUT2D eigenvalue weighted by atomic mass is 35.5. The van der Waals surface area contributed by atoms with Crippen LogP contribution < -0.4 is 0 Å². The highest BCUT2D eigenvalue weighted by Gasteiger charge is 2.34. The van der Waals surface area contributed by atoms with Crippen molar-refractivity contribution in [3.05, 3.63) is 47.1 Å². The van der Waals surface area contributed by atoms with Crippen molar-refractivity contribution in [1.29, 1.82) is 0 Å². The number of rotatable bonds is 2. The maximum absolute atomic E-state index is 13.1. The molecule has 6 heteroatoms. The minimum Gasteiger partial charge on any atom is -0.236 e. The van der Waals surface area contributed by atoms with Crippen LogP contribution in [0.25, 0.3) is 11.3 Å². The van der Waals surface area contributed by atoms with E-state index in [1.165, 1.54) is 30.0 Å². The lowest BCUT2D eigenvalue weighted by atomic mass is 10.0. The van der Waals surface area contributed by atoms with Gasteiger partial charge in [-0.1, -0.05) is 23.7 Å². The van der Waals surface area contributed by atoms with Gasteiger partial charge < -0.3 is 0 Å². The summed E-state index contributed by atoms with van der Waals surface area (Å²) in [6, 6.07) is 8.72. The predicted molar refractivity (Wildman–Crippen MR) is 71.5 cm³/mol. The standard InChI is InChI=1S/C13H9ClF3NS/c1-19-10-6-2-4-8(13(15,16)17)12(10)9-5-3-7-11(14)18-9/h2-7H,1H3. The van der Waals surface area contributed by atoms with Gasteiger partial charge in [-0.15, -0.1) is 11.8 Å². The molecule has 100 valence electrons. The Bertz CT molecular complexity index is 599. The molecule has 0 spiro atoms. The van der Waals surface area contributed by atoms with Crippen LogP contribution in [0, 0.1) is 0 Å². The van der Waals surface area contributed by atoms with Crippen LogP contribution in [0.1, 0.15) is 5.56 Å². The summed E-state index contributed by atoms with van der Waals surface area (Å²) in [5.74, 6) is 0. The number of hydrogen-bond acceptors (Lipinski definition) is 2. The Morgan fingerprint density at radius 2 is 1.79 bits per heavy atom. The Balaban J connectivity index is 2.73. The number of aromatic nitrogens is 1. The maximum Gasteiger partial charge on any atom is 0.417 e. The van der Waals surface area contributed by atoms with E-state index < -0.39 is 11.7 Å². The smallest absolute Gasteiger partial charge is 0.236 e. The molecule has 0 bridgehead atoms. The summed E-state index contributed by atoms with van der Waals surface area (Å²) in [7, 11) is 0. The summed E-state index contributed by atoms with van der Waals surface area (Å²) >= 11 is 7.00. The van der Waals surface area contributed by atoms with E-state index >= 15 is 0 Å². The molecule has 0 aliphatic heterocycles. The average molecular weight is 304 g/mol. The first-order valence-corrected chi connectivity index (χ1v) is 6.91. The summed E-state index contributed by atoms with van der Waals surface area (Å²) in [4.78, 5) is 4.50. The number of thioether (sulfide) groups is 1. The van der Waals surface area contributed by atoms with Crippen LogP contribution in [0.4, 0.5) is 13.2 Å². The van der Waals surface area contributed by atoms with Crippen LogP contribution in [0.15, 0.2) is 41.3 Å². The fraction of sp³-hybridized carbons (Fsp3) is 0.154. The van der Waals surface area contributed by atoms with E-state index in [-0.39, 0.29) is 16.4 Å². The van der Waals surface area contributed by atoms with E-state index in [4.69, 9.17) is 11.6 Å². The fourth-order valence-corrected chi connectivity index (χ4v) is 2.55. The van der Waals surface area contributed by atoms with Gasteiger partial charge in [0.1, 0.15) is 5.15 Å². The summed E-state index contributed by atoms with van der Waals surface area (Å²) < 4.78 is 39.2. The van der Waals surface area contributed by atoms with E-state index in [0.29, 0.717) is 4.90 Å². The van der Waals surface area contributed by atoms with Crippen LogP contribution >= 0.6 is 23.4 Å². The van der Waals surface area contributed by atoms with Crippen molar-refractivity contribution in [2.24, 2.45) is 0 Å². The highest BCUT2D eigenvalue weighted by molar-refractivity contribution is 7.98. The van der Waals surface area contributed by atoms with E-state index in [9.17, 15) is 13.2 Å². The van der Waals surface area contributed by atoms with Crippen LogP contribution in [0.3, 0.4) is 0 Å². The van der Waals surface area contributed by atoms with E-state index in [1.807, 2.05) is 0 Å². The molecule has 0 aliphatic rings. The van der Waals surface area contributed by atoms with Crippen molar-refractivity contribution >= 4 is 23.4 Å². The third-order valence-corrected chi connectivity index (χ3v) is 3.51. The molecule has 0 unspecified atom stereocenters. The normalized spacial score (nSPS) is 11.6. The van der Waals surface area contributed by atoms with Crippen molar-refractivity contribution in [1.82, 2.24) is 4.98 Å². The number of benzene rings is 1. The summed E-state index contributed by atoms with van der Waals surface area (Å²) in [6.07, 6.45) is -2.70. The topological polar surface area (TPSA) is 12.9 Å². The first-order chi connectivity index (χ1) is 8.93. The van der Waals surface area contributed by atoms with Crippen LogP contribution in [0.2, 0.25) is 5.15 Å². The Morgan fingerprint density at radius 1 is 1.11 bits per heavy atom. The van der Waals surface area contributed by atoms with Gasteiger partial charge in [0.25, 0.3) is 0 Å². The molecule has 2 aromatic rings. The van der Waals surface area contributed by atoms with Gasteiger partial charge in [0, 0.05) is 10.5 Å². The first kappa shape index (κ1) is 14.2. The van der Waals surface area contributed by atoms with Gasteiger partial charge in [0.05, 0.1) is 11.3 Å². The Hall–Kier alpha value is -1.20. The van der Waals surface area contributed by atoms with Crippen molar-refractivity contribution < 1.29 is 13.2 Å². The maximum atomic E-state index is 13.1. The molecular formula is C13H9ClF3NS. The molecule has 0 N–H and O–H groups in total. The van der Waals surface area contributed by atoms with Crippen molar-refractivity contribution in [3.8, 4) is 11.3 Å². The van der Waals surface area contributed by atoms with Crippen molar-refractivity contribution in [2.75, 3.05) is 6.26 Å². The van der Waals surface area contributed by atoms with Gasteiger partial charge in [-0.25, -0.2) is 4.98 Å². The number of halogens is 4. The van der Waals surface area contributed by atoms with Gasteiger partial charge in [0.2, 0.25) is 0 Å². The predicted octanol–water partition coefficient (Wildman–Crippen LogP) is 5.14. The molecule has 19 heavy (non-hydrogen) atoms. The second-order valence-corrected chi connectivity index (χ2v) is 4.96. The third kappa shape index (κ3) is 3.04. The SMILES string of the molecule is CSc1cccc(C(F)(F)F)c1-c1cccc(Cl)n1. The van der Waals surface area contributed by atoms with Gasteiger partial charge >= 0.3 is 6.18 Å². The summed E-state index contributed by atoms with van der Waals surface area (Å²) in [6.45, 7) is 0. The number of alkyl halides is 3. The lowest BCUT2D eigenvalue weighted by Crippen LogP contribution is -2.08. The highest BCUT2D eigenvalue weighted by Crippen LogP contribution is 2.41. The lowest BCUT2D eigenvalue weighted by Gasteiger charge is -2.15. The van der Waals surface area contributed by atoms with Gasteiger partial charge in [-0.05, 0) is 30.5 Å². The van der Waals surface area contributed by atoms with E-state index in [1.54, 1.807) is 18.4 Å². The van der Waals surface area contributed by atoms with E-state index in [0.717, 1.165) is 6.07 Å². The molecule has 0 saturated heterocycles. The zero-order valence-corrected chi connectivity index (χ0v) is 11.4. The lowest BCUT2D eigenvalue weighted by molar-refractivity contribution is -0.137. The molecule has 1 heterocycles. The second kappa shape index (κ2) is 5.43. The molecule has 1 nitrogen and oxygen atoms in total. The number of nitrogens with zero attached hydrogens (tertiary/aromatic N) is 1. The molecule has 2 rings (SSSR count). The minimum absolute atomic E-state index is 0.0741. The monoisotopic (exact) mass is 303 g/mol. The molecular weight excluding hydrogens is 295 g/mol. The quantitative estimate of drug-likeness (QED) is 0.562. The summed E-state index contributed by atoms with van der Waals surface area (Å²) in [5.41, 5.74) is -0.399. The molecule has 0 amide bonds. The zero-order chi connectivity index (χ0) is 14.0. The Labute approximate surface area is 117 Å². The Morgan fingerprint density at radius 3 is 2.37 bits per heavy atom. The molecule has 0 atom stereocenters. The second-order valence-electron chi connectivity index (χ2n) is 3.73. The largest absolute Gasteiger partial charge is 0.417 e. The first-order valence-electron chi connectivity index (χ1n) is 5.30. The number of hydrogen-bond donors (Lipinski definition) is 0. The average Bonchev–Trinajstić information content (AvgIpc) is 2.36. The third-order valence-electron chi connectivity index (χ3n) is 2.52. The van der Waals surface area contributed by atoms with Crippen LogP contribution in [-0.4, -0.2) is 11.2 Å². The van der Waals surface area contributed by atoms with Crippen molar-refractivity contribution in [2.45, 2.75) is 11.1 Å². The fourth-order valence-electron chi connectivity index (χ4n) is 1.75. The molecule has 0 saturated carbocycles. The van der Waals surface area contributed by atoms with Crippen molar-refractivity contribution in [3.63, 3.8) is 0 Å². The van der Waals surface area contributed by atoms with E-state index in [2.05, 4.69) is 4.98 Å². The molecule has 0 radical (unpaired) electrons. The summed E-state index contributed by atoms with van der Waals surface area (Å²) in [5, 5.41) is 0.168. The van der Waals surface area contributed by atoms with Gasteiger partial charge in [0.15, 0.2) is 0 Å². The minimum atomic E-state index is -4.43. The number of pyridine rings is 1. The van der Waals surface area contributed by atoms with Gasteiger partial charge in [-0.2, -0.15) is 13.2 Å². The zero-order valence-electron chi connectivity index (χ0n) is 9.83. The molecule has 0 aliphatic carbocycles. The molecule has 1 aromatic carbocycles. The van der Waals surface area contributed by atoms with Gasteiger partial charge in [-0.3, -0.25) is 0 Å². The molecule has 0 fully saturated rings.